The molecule has 144 valence electrons. The predicted molar refractivity (Wildman–Crippen MR) is 106 cm³/mol. The van der Waals surface area contributed by atoms with E-state index in [4.69, 9.17) is 16.1 Å². The largest absolute Gasteiger partial charge is 0.345 e. The Balaban J connectivity index is 1.67. The Kier molecular flexibility index (Phi) is 5.75. The highest BCUT2D eigenvalue weighted by Crippen LogP contribution is 2.23. The van der Waals surface area contributed by atoms with E-state index in [0.717, 1.165) is 11.1 Å². The number of aryl methyl sites for hydroxylation is 1. The van der Waals surface area contributed by atoms with Crippen molar-refractivity contribution in [3.8, 4) is 11.4 Å². The standard InChI is InChI=1S/C20H19ClN4O3/c1-12-6-4-5-7-14(12)19-23-18(28-24-19)11-17(26)22-13-8-9-15(16(21)10-13)20(27)25(2)3/h4-10H,11H2,1-3H3,(H,22,26). The molecule has 1 N–H and O–H groups in total. The third-order valence-corrected chi connectivity index (χ3v) is 4.37. The number of anilines is 1. The molecular formula is C20H19ClN4O3. The molecule has 0 saturated carbocycles. The number of rotatable bonds is 5. The van der Waals surface area contributed by atoms with Gasteiger partial charge in [0.15, 0.2) is 0 Å². The molecule has 28 heavy (non-hydrogen) atoms. The van der Waals surface area contributed by atoms with E-state index in [1.807, 2.05) is 31.2 Å². The van der Waals surface area contributed by atoms with Crippen LogP contribution in [0.1, 0.15) is 21.8 Å². The number of nitrogens with one attached hydrogen (secondary N) is 1. The molecule has 2 aromatic carbocycles. The zero-order valence-electron chi connectivity index (χ0n) is 15.7. The first-order chi connectivity index (χ1) is 13.3. The molecule has 7 nitrogen and oxygen atoms in total. The Morgan fingerprint density at radius 3 is 2.61 bits per heavy atom. The van der Waals surface area contributed by atoms with Crippen molar-refractivity contribution in [2.24, 2.45) is 0 Å². The van der Waals surface area contributed by atoms with E-state index in [1.165, 1.54) is 11.0 Å². The topological polar surface area (TPSA) is 88.3 Å². The number of carbonyl (C=O) groups is 2. The summed E-state index contributed by atoms with van der Waals surface area (Å²) >= 11 is 6.16. The summed E-state index contributed by atoms with van der Waals surface area (Å²) in [5.41, 5.74) is 2.71. The lowest BCUT2D eigenvalue weighted by atomic mass is 10.1. The van der Waals surface area contributed by atoms with Crippen LogP contribution in [0.3, 0.4) is 0 Å². The highest BCUT2D eigenvalue weighted by molar-refractivity contribution is 6.34. The normalized spacial score (nSPS) is 10.6. The highest BCUT2D eigenvalue weighted by Gasteiger charge is 2.16. The molecule has 2 amide bonds. The lowest BCUT2D eigenvalue weighted by Crippen LogP contribution is -2.22. The van der Waals surface area contributed by atoms with Gasteiger partial charge in [0.05, 0.1) is 10.6 Å². The number of halogens is 1. The number of hydrogen-bond acceptors (Lipinski definition) is 5. The van der Waals surface area contributed by atoms with Crippen LogP contribution in [0.5, 0.6) is 0 Å². The second kappa shape index (κ2) is 8.22. The van der Waals surface area contributed by atoms with Crippen molar-refractivity contribution in [3.05, 3.63) is 64.5 Å². The summed E-state index contributed by atoms with van der Waals surface area (Å²) in [5.74, 6) is 0.108. The van der Waals surface area contributed by atoms with Crippen molar-refractivity contribution >= 4 is 29.1 Å². The summed E-state index contributed by atoms with van der Waals surface area (Å²) in [6.45, 7) is 1.95. The van der Waals surface area contributed by atoms with Gasteiger partial charge in [0.1, 0.15) is 6.42 Å². The summed E-state index contributed by atoms with van der Waals surface area (Å²) in [7, 11) is 3.29. The molecule has 0 unspecified atom stereocenters. The molecule has 0 atom stereocenters. The average Bonchev–Trinajstić information content (AvgIpc) is 3.09. The Bertz CT molecular complexity index is 1030. The number of aromatic nitrogens is 2. The van der Waals surface area contributed by atoms with Crippen LogP contribution in [0, 0.1) is 6.92 Å². The van der Waals surface area contributed by atoms with Crippen molar-refractivity contribution in [1.82, 2.24) is 15.0 Å². The van der Waals surface area contributed by atoms with Gasteiger partial charge < -0.3 is 14.7 Å². The Hall–Kier alpha value is -3.19. The van der Waals surface area contributed by atoms with Crippen LogP contribution >= 0.6 is 11.6 Å². The molecule has 1 aromatic heterocycles. The number of amides is 2. The molecule has 0 radical (unpaired) electrons. The van der Waals surface area contributed by atoms with Crippen LogP contribution in [-0.2, 0) is 11.2 Å². The fourth-order valence-corrected chi connectivity index (χ4v) is 2.87. The molecule has 0 spiro atoms. The van der Waals surface area contributed by atoms with Crippen molar-refractivity contribution < 1.29 is 14.1 Å². The first kappa shape index (κ1) is 19.6. The second-order valence-electron chi connectivity index (χ2n) is 6.45. The fraction of sp³-hybridized carbons (Fsp3) is 0.200. The SMILES string of the molecule is Cc1ccccc1-c1noc(CC(=O)Nc2ccc(C(=O)N(C)C)c(Cl)c2)n1. The molecule has 1 heterocycles. The maximum atomic E-state index is 12.3. The minimum Gasteiger partial charge on any atom is -0.345 e. The summed E-state index contributed by atoms with van der Waals surface area (Å²) in [6.07, 6.45) is -0.0745. The second-order valence-corrected chi connectivity index (χ2v) is 6.85. The number of nitrogens with zero attached hydrogens (tertiary/aromatic N) is 3. The average molecular weight is 399 g/mol. The van der Waals surface area contributed by atoms with Gasteiger partial charge in [-0.1, -0.05) is 41.0 Å². The molecule has 3 rings (SSSR count). The molecule has 0 saturated heterocycles. The maximum Gasteiger partial charge on any atom is 0.254 e. The van der Waals surface area contributed by atoms with Gasteiger partial charge in [0.25, 0.3) is 5.91 Å². The van der Waals surface area contributed by atoms with E-state index in [9.17, 15) is 9.59 Å². The van der Waals surface area contributed by atoms with E-state index >= 15 is 0 Å². The van der Waals surface area contributed by atoms with Gasteiger partial charge in [-0.2, -0.15) is 4.98 Å². The minimum absolute atomic E-state index is 0.0745. The van der Waals surface area contributed by atoms with Crippen molar-refractivity contribution in [1.29, 1.82) is 0 Å². The molecule has 0 aliphatic rings. The lowest BCUT2D eigenvalue weighted by molar-refractivity contribution is -0.115. The van der Waals surface area contributed by atoms with Crippen molar-refractivity contribution in [2.75, 3.05) is 19.4 Å². The third kappa shape index (κ3) is 4.37. The number of benzene rings is 2. The highest BCUT2D eigenvalue weighted by atomic mass is 35.5. The van der Waals surface area contributed by atoms with E-state index in [-0.39, 0.29) is 29.1 Å². The zero-order valence-corrected chi connectivity index (χ0v) is 16.4. The lowest BCUT2D eigenvalue weighted by Gasteiger charge is -2.12. The molecule has 0 bridgehead atoms. The predicted octanol–water partition coefficient (Wildman–Crippen LogP) is 3.58. The van der Waals surface area contributed by atoms with Gasteiger partial charge in [-0.05, 0) is 30.7 Å². The fourth-order valence-electron chi connectivity index (χ4n) is 2.61. The van der Waals surface area contributed by atoms with Gasteiger partial charge in [-0.25, -0.2) is 0 Å². The van der Waals surface area contributed by atoms with Gasteiger partial charge in [-0.15, -0.1) is 0 Å². The maximum absolute atomic E-state index is 12.3. The van der Waals surface area contributed by atoms with Crippen molar-refractivity contribution in [3.63, 3.8) is 0 Å². The van der Waals surface area contributed by atoms with E-state index in [0.29, 0.717) is 17.1 Å². The summed E-state index contributed by atoms with van der Waals surface area (Å²) in [4.78, 5) is 30.0. The van der Waals surface area contributed by atoms with E-state index in [2.05, 4.69) is 15.5 Å². The van der Waals surface area contributed by atoms with Crippen LogP contribution in [0.25, 0.3) is 11.4 Å². The van der Waals surface area contributed by atoms with Crippen LogP contribution in [0.4, 0.5) is 5.69 Å². The van der Waals surface area contributed by atoms with E-state index in [1.54, 1.807) is 26.2 Å². The molecule has 0 aliphatic carbocycles. The quantitative estimate of drug-likeness (QED) is 0.709. The van der Waals surface area contributed by atoms with Gasteiger partial charge in [-0.3, -0.25) is 9.59 Å². The number of carbonyl (C=O) groups excluding carboxylic acids is 2. The summed E-state index contributed by atoms with van der Waals surface area (Å²) in [6, 6.07) is 12.4. The molecule has 3 aromatic rings. The monoisotopic (exact) mass is 398 g/mol. The molecule has 0 aliphatic heterocycles. The van der Waals surface area contributed by atoms with Crippen LogP contribution in [-0.4, -0.2) is 41.0 Å². The first-order valence-electron chi connectivity index (χ1n) is 8.55. The summed E-state index contributed by atoms with van der Waals surface area (Å²) < 4.78 is 5.18. The van der Waals surface area contributed by atoms with Crippen LogP contribution < -0.4 is 5.32 Å². The van der Waals surface area contributed by atoms with Gasteiger partial charge in [0.2, 0.25) is 17.6 Å². The first-order valence-corrected chi connectivity index (χ1v) is 8.92. The van der Waals surface area contributed by atoms with Crippen LogP contribution in [0.15, 0.2) is 47.0 Å². The molecular weight excluding hydrogens is 380 g/mol. The summed E-state index contributed by atoms with van der Waals surface area (Å²) in [5, 5.41) is 6.91. The van der Waals surface area contributed by atoms with Crippen LogP contribution in [0.2, 0.25) is 5.02 Å². The van der Waals surface area contributed by atoms with Gasteiger partial charge >= 0.3 is 0 Å². The van der Waals surface area contributed by atoms with Gasteiger partial charge in [0, 0.05) is 25.3 Å². The Morgan fingerprint density at radius 1 is 1.18 bits per heavy atom. The number of hydrogen-bond donors (Lipinski definition) is 1. The Labute approximate surface area is 167 Å². The third-order valence-electron chi connectivity index (χ3n) is 4.06. The van der Waals surface area contributed by atoms with Crippen molar-refractivity contribution in [2.45, 2.75) is 13.3 Å². The Morgan fingerprint density at radius 2 is 1.93 bits per heavy atom. The zero-order chi connectivity index (χ0) is 20.3. The molecule has 0 fully saturated rings. The molecule has 8 heteroatoms. The smallest absolute Gasteiger partial charge is 0.254 e. The van der Waals surface area contributed by atoms with E-state index < -0.39 is 0 Å². The minimum atomic E-state index is -0.331.